The van der Waals surface area contributed by atoms with Crippen LogP contribution in [0.2, 0.25) is 0 Å². The highest BCUT2D eigenvalue weighted by molar-refractivity contribution is 6.07. The van der Waals surface area contributed by atoms with Crippen molar-refractivity contribution in [3.8, 4) is 0 Å². The van der Waals surface area contributed by atoms with Crippen molar-refractivity contribution in [1.82, 2.24) is 0 Å². The summed E-state index contributed by atoms with van der Waals surface area (Å²) in [6.45, 7) is 10.4. The number of nitro benzene ring substituents is 1. The van der Waals surface area contributed by atoms with Gasteiger partial charge in [0.1, 0.15) is 45.2 Å². The molecule has 1 unspecified atom stereocenters. The molecule has 1 aromatic rings. The van der Waals surface area contributed by atoms with Crippen LogP contribution in [0, 0.1) is 16.0 Å². The average molecular weight is 475 g/mol. The van der Waals surface area contributed by atoms with E-state index >= 15 is 0 Å². The predicted octanol–water partition coefficient (Wildman–Crippen LogP) is -0.437. The molecular weight excluding hydrogens is 440 g/mol. The molecule has 0 bridgehead atoms. The van der Waals surface area contributed by atoms with Crippen molar-refractivity contribution in [1.29, 1.82) is 0 Å². The predicted molar refractivity (Wildman–Crippen MR) is 125 cm³/mol. The molecule has 2 aliphatic rings. The molecular formula is C24H34N4O6+2. The molecule has 0 radical (unpaired) electrons. The molecule has 34 heavy (non-hydrogen) atoms. The minimum Gasteiger partial charge on any atom is -0.465 e. The lowest BCUT2D eigenvalue weighted by Gasteiger charge is -2.31. The maximum Gasteiger partial charge on any atom is 0.336 e. The van der Waals surface area contributed by atoms with Gasteiger partial charge in [0, 0.05) is 29.5 Å². The zero-order valence-corrected chi connectivity index (χ0v) is 20.3. The molecule has 0 amide bonds. The summed E-state index contributed by atoms with van der Waals surface area (Å²) in [5, 5.41) is 11.4. The van der Waals surface area contributed by atoms with Gasteiger partial charge in [0.05, 0.1) is 24.2 Å². The van der Waals surface area contributed by atoms with Gasteiger partial charge in [-0.25, -0.2) is 4.79 Å². The van der Waals surface area contributed by atoms with Gasteiger partial charge in [-0.1, -0.05) is 12.1 Å². The third-order valence-electron chi connectivity index (χ3n) is 6.53. The number of piperazine rings is 1. The van der Waals surface area contributed by atoms with Crippen LogP contribution in [0.4, 0.5) is 5.69 Å². The molecule has 2 atom stereocenters. The molecule has 2 heterocycles. The number of nitrogens with one attached hydrogen (secondary N) is 2. The molecule has 1 aromatic carbocycles. The van der Waals surface area contributed by atoms with Crippen LogP contribution in [-0.2, 0) is 19.1 Å². The maximum absolute atomic E-state index is 13.3. The van der Waals surface area contributed by atoms with Crippen LogP contribution in [0.15, 0.2) is 40.5 Å². The third-order valence-corrected chi connectivity index (χ3v) is 6.53. The second-order valence-electron chi connectivity index (χ2n) is 8.90. The highest BCUT2D eigenvalue weighted by Gasteiger charge is 2.42. The Morgan fingerprint density at radius 1 is 1.18 bits per heavy atom. The molecule has 184 valence electrons. The van der Waals surface area contributed by atoms with Crippen molar-refractivity contribution in [2.75, 3.05) is 53.0 Å². The summed E-state index contributed by atoms with van der Waals surface area (Å²) in [6.07, 6.45) is 0. The Kier molecular flexibility index (Phi) is 8.51. The van der Waals surface area contributed by atoms with E-state index in [2.05, 4.69) is 12.0 Å². The van der Waals surface area contributed by atoms with E-state index < -0.39 is 28.7 Å². The van der Waals surface area contributed by atoms with Gasteiger partial charge in [-0.05, 0) is 26.3 Å². The quantitative estimate of drug-likeness (QED) is 0.300. The van der Waals surface area contributed by atoms with E-state index in [9.17, 15) is 19.7 Å². The van der Waals surface area contributed by atoms with Crippen LogP contribution in [0.25, 0.3) is 0 Å². The third kappa shape index (κ3) is 5.87. The van der Waals surface area contributed by atoms with Gasteiger partial charge in [0.25, 0.3) is 5.69 Å². The lowest BCUT2D eigenvalue weighted by Crippen LogP contribution is -3.27. The number of aliphatic imine (C=N–C) groups is 1. The molecule has 10 heteroatoms. The number of nitrogens with zero attached hydrogens (tertiary/aromatic N) is 2. The van der Waals surface area contributed by atoms with Crippen LogP contribution in [0.5, 0.6) is 0 Å². The van der Waals surface area contributed by atoms with E-state index in [1.54, 1.807) is 32.9 Å². The van der Waals surface area contributed by atoms with Crippen LogP contribution in [0.3, 0.4) is 0 Å². The largest absolute Gasteiger partial charge is 0.465 e. The first kappa shape index (κ1) is 25.5. The molecule has 0 spiro atoms. The molecule has 0 aromatic heterocycles. The molecule has 2 aliphatic heterocycles. The number of allylic oxidation sites excluding steroid dienone is 1. The number of hydrogen-bond donors (Lipinski definition) is 2. The molecule has 2 N–H and O–H groups in total. The summed E-state index contributed by atoms with van der Waals surface area (Å²) < 4.78 is 10.9. The topological polar surface area (TPSA) is 117 Å². The second kappa shape index (κ2) is 11.3. The van der Waals surface area contributed by atoms with Gasteiger partial charge in [-0.3, -0.25) is 19.9 Å². The maximum atomic E-state index is 13.3. The van der Waals surface area contributed by atoms with E-state index in [4.69, 9.17) is 9.47 Å². The van der Waals surface area contributed by atoms with Crippen molar-refractivity contribution < 1.29 is 33.8 Å². The lowest BCUT2D eigenvalue weighted by atomic mass is 9.75. The number of quaternary nitrogens is 2. The summed E-state index contributed by atoms with van der Waals surface area (Å²) in [7, 11) is 2.17. The zero-order valence-electron chi connectivity index (χ0n) is 20.3. The monoisotopic (exact) mass is 474 g/mol. The Labute approximate surface area is 199 Å². The van der Waals surface area contributed by atoms with Gasteiger partial charge in [-0.2, -0.15) is 0 Å². The smallest absolute Gasteiger partial charge is 0.336 e. The number of carbonyl (C=O) groups excluding carboxylic acids is 2. The summed E-state index contributed by atoms with van der Waals surface area (Å²) in [6, 6.07) is 6.00. The number of hydrogen-bond acceptors (Lipinski definition) is 7. The minimum absolute atomic E-state index is 0.119. The number of esters is 2. The fourth-order valence-corrected chi connectivity index (χ4v) is 4.68. The second-order valence-corrected chi connectivity index (χ2v) is 8.90. The Morgan fingerprint density at radius 2 is 1.88 bits per heavy atom. The number of non-ortho nitro benzene ring substituents is 1. The standard InChI is InChI=1S/C24H32N4O6/c1-5-33-23(29)20-16(2)25-17(3)21(22(20)18-7-6-8-19(15-18)28(31)32)24(30)34-14-13-27-11-9-26(4)10-12-27/h6-8,15,20,22H,5,9-14H2,1-4H3/p+2/t20?,22-/m1/s1. The van der Waals surface area contributed by atoms with Gasteiger partial charge in [0.2, 0.25) is 0 Å². The minimum atomic E-state index is -0.876. The molecule has 0 saturated carbocycles. The number of carbonyl (C=O) groups is 2. The SMILES string of the molecule is CCOC(=O)C1C(C)=NC(C)=C(C(=O)OCC[NH+]2CC[NH+](C)CC2)[C@@H]1c1cccc([N+](=O)[O-])c1. The van der Waals surface area contributed by atoms with Gasteiger partial charge in [0.15, 0.2) is 0 Å². The van der Waals surface area contributed by atoms with Crippen molar-refractivity contribution in [2.24, 2.45) is 10.9 Å². The first-order valence-electron chi connectivity index (χ1n) is 11.7. The van der Waals surface area contributed by atoms with Gasteiger partial charge < -0.3 is 19.3 Å². The average Bonchev–Trinajstić information content (AvgIpc) is 2.80. The molecule has 3 rings (SSSR count). The Hall–Kier alpha value is -3.11. The first-order valence-corrected chi connectivity index (χ1v) is 11.7. The highest BCUT2D eigenvalue weighted by Crippen LogP contribution is 2.40. The lowest BCUT2D eigenvalue weighted by molar-refractivity contribution is -1.00. The van der Waals surface area contributed by atoms with Crippen molar-refractivity contribution in [2.45, 2.75) is 26.7 Å². The summed E-state index contributed by atoms with van der Waals surface area (Å²) in [4.78, 5) is 44.5. The van der Waals surface area contributed by atoms with Crippen LogP contribution >= 0.6 is 0 Å². The van der Waals surface area contributed by atoms with Crippen molar-refractivity contribution >= 4 is 23.3 Å². The Morgan fingerprint density at radius 3 is 2.53 bits per heavy atom. The van der Waals surface area contributed by atoms with Crippen molar-refractivity contribution in [3.05, 3.63) is 51.2 Å². The van der Waals surface area contributed by atoms with E-state index in [-0.39, 0.29) is 24.5 Å². The van der Waals surface area contributed by atoms with Gasteiger partial charge >= 0.3 is 11.9 Å². The number of rotatable bonds is 8. The van der Waals surface area contributed by atoms with Crippen molar-refractivity contribution in [3.63, 3.8) is 0 Å². The Bertz CT molecular complexity index is 997. The highest BCUT2D eigenvalue weighted by atomic mass is 16.6. The molecule has 1 fully saturated rings. The van der Waals surface area contributed by atoms with E-state index in [0.717, 1.165) is 26.2 Å². The van der Waals surface area contributed by atoms with Crippen LogP contribution < -0.4 is 9.80 Å². The number of likely N-dealkylation sites (N-methyl/N-ethyl adjacent to an activating group) is 1. The van der Waals surface area contributed by atoms with E-state index in [0.29, 0.717) is 23.5 Å². The number of nitro groups is 1. The molecule has 0 aliphatic carbocycles. The first-order chi connectivity index (χ1) is 16.2. The van der Waals surface area contributed by atoms with E-state index in [1.165, 1.54) is 21.9 Å². The summed E-state index contributed by atoms with van der Waals surface area (Å²) in [5.74, 6) is -2.75. The molecule has 10 nitrogen and oxygen atoms in total. The molecule has 1 saturated heterocycles. The fraction of sp³-hybridized carbons (Fsp3) is 0.542. The Balaban J connectivity index is 1.89. The van der Waals surface area contributed by atoms with Crippen LogP contribution in [-0.4, -0.2) is 75.6 Å². The summed E-state index contributed by atoms with van der Waals surface area (Å²) in [5.41, 5.74) is 1.53. The number of ether oxygens (including phenoxy) is 2. The van der Waals surface area contributed by atoms with E-state index in [1.807, 2.05) is 0 Å². The summed E-state index contributed by atoms with van der Waals surface area (Å²) >= 11 is 0. The van der Waals surface area contributed by atoms with Gasteiger partial charge in [-0.15, -0.1) is 0 Å². The normalized spacial score (nSPS) is 24.9. The van der Waals surface area contributed by atoms with Crippen LogP contribution in [0.1, 0.15) is 32.3 Å². The number of benzene rings is 1. The zero-order chi connectivity index (χ0) is 24.8. The fourth-order valence-electron chi connectivity index (χ4n) is 4.68.